The quantitative estimate of drug-likeness (QED) is 0.355. The van der Waals surface area contributed by atoms with Gasteiger partial charge in [0.05, 0.1) is 11.5 Å². The zero-order valence-corrected chi connectivity index (χ0v) is 16.4. The normalized spacial score (nSPS) is 15.6. The minimum absolute atomic E-state index is 0.0214. The number of carbonyl (C=O) groups is 2. The van der Waals surface area contributed by atoms with E-state index in [9.17, 15) is 19.7 Å². The zero-order valence-electron chi connectivity index (χ0n) is 16.4. The molecule has 1 aliphatic heterocycles. The highest BCUT2D eigenvalue weighted by molar-refractivity contribution is 6.04. The van der Waals surface area contributed by atoms with E-state index in [0.717, 1.165) is 16.9 Å². The van der Waals surface area contributed by atoms with Gasteiger partial charge in [0.2, 0.25) is 0 Å². The summed E-state index contributed by atoms with van der Waals surface area (Å²) in [6.45, 7) is 0.146. The predicted octanol–water partition coefficient (Wildman–Crippen LogP) is 4.05. The first-order valence-corrected chi connectivity index (χ1v) is 9.66. The molecular formula is C23H19N3O5. The minimum Gasteiger partial charge on any atom is -0.457 e. The number of non-ortho nitro benzene ring substituents is 1. The Hall–Kier alpha value is -4.20. The molecule has 0 spiro atoms. The van der Waals surface area contributed by atoms with Gasteiger partial charge in [-0.05, 0) is 35.4 Å². The van der Waals surface area contributed by atoms with E-state index in [4.69, 9.17) is 4.74 Å². The fraction of sp³-hybridized carbons (Fsp3) is 0.130. The molecule has 1 fully saturated rings. The maximum atomic E-state index is 12.7. The summed E-state index contributed by atoms with van der Waals surface area (Å²) in [4.78, 5) is 36.5. The van der Waals surface area contributed by atoms with Crippen LogP contribution in [0.1, 0.15) is 11.1 Å². The third-order valence-corrected chi connectivity index (χ3v) is 4.94. The van der Waals surface area contributed by atoms with Crippen molar-refractivity contribution in [3.8, 4) is 11.5 Å². The van der Waals surface area contributed by atoms with Gasteiger partial charge in [0, 0.05) is 18.6 Å². The van der Waals surface area contributed by atoms with Crippen LogP contribution in [0.25, 0.3) is 0 Å². The second-order valence-electron chi connectivity index (χ2n) is 7.11. The van der Waals surface area contributed by atoms with E-state index in [1.165, 1.54) is 17.0 Å². The molecule has 1 N–H and O–H groups in total. The highest BCUT2D eigenvalue weighted by Gasteiger charge is 2.37. The van der Waals surface area contributed by atoms with E-state index in [2.05, 4.69) is 5.32 Å². The molecular weight excluding hydrogens is 398 g/mol. The van der Waals surface area contributed by atoms with Gasteiger partial charge in [-0.15, -0.1) is 0 Å². The standard InChI is InChI=1S/C23H19N3O5/c27-22-21(14-16-6-10-18(11-7-16)26(29)30)24-23(28)25(22)15-17-8-12-20(13-9-17)31-19-4-2-1-3-5-19/h1-13,21H,14-15H2,(H,24,28). The number of carbonyl (C=O) groups excluding carboxylic acids is 2. The van der Waals surface area contributed by atoms with Crippen LogP contribution in [-0.4, -0.2) is 27.8 Å². The molecule has 3 aromatic rings. The summed E-state index contributed by atoms with van der Waals surface area (Å²) in [6.07, 6.45) is 0.267. The van der Waals surface area contributed by atoms with E-state index in [-0.39, 0.29) is 24.6 Å². The number of hydrogen-bond acceptors (Lipinski definition) is 5. The largest absolute Gasteiger partial charge is 0.457 e. The molecule has 1 unspecified atom stereocenters. The van der Waals surface area contributed by atoms with Crippen molar-refractivity contribution in [2.24, 2.45) is 0 Å². The van der Waals surface area contributed by atoms with Gasteiger partial charge in [-0.2, -0.15) is 0 Å². The number of nitrogens with zero attached hydrogens (tertiary/aromatic N) is 2. The Bertz CT molecular complexity index is 1100. The molecule has 0 saturated carbocycles. The Labute approximate surface area is 178 Å². The van der Waals surface area contributed by atoms with Crippen LogP contribution < -0.4 is 10.1 Å². The van der Waals surface area contributed by atoms with E-state index < -0.39 is 17.0 Å². The zero-order chi connectivity index (χ0) is 21.8. The van der Waals surface area contributed by atoms with Crippen LogP contribution in [0.3, 0.4) is 0 Å². The van der Waals surface area contributed by atoms with Crippen molar-refractivity contribution in [1.29, 1.82) is 0 Å². The molecule has 1 aliphatic rings. The fourth-order valence-corrected chi connectivity index (χ4v) is 3.32. The highest BCUT2D eigenvalue weighted by atomic mass is 16.6. The van der Waals surface area contributed by atoms with Crippen molar-refractivity contribution >= 4 is 17.6 Å². The summed E-state index contributed by atoms with van der Waals surface area (Å²) < 4.78 is 5.75. The van der Waals surface area contributed by atoms with Gasteiger partial charge in [-0.3, -0.25) is 19.8 Å². The maximum Gasteiger partial charge on any atom is 0.325 e. The number of ether oxygens (including phenoxy) is 1. The lowest BCUT2D eigenvalue weighted by Crippen LogP contribution is -2.32. The molecule has 3 aromatic carbocycles. The van der Waals surface area contributed by atoms with Crippen LogP contribution in [0, 0.1) is 10.1 Å². The van der Waals surface area contributed by atoms with Crippen LogP contribution >= 0.6 is 0 Å². The first kappa shape index (κ1) is 20.1. The number of nitrogens with one attached hydrogen (secondary N) is 1. The highest BCUT2D eigenvalue weighted by Crippen LogP contribution is 2.23. The third kappa shape index (κ3) is 4.69. The van der Waals surface area contributed by atoms with Crippen LogP contribution in [0.2, 0.25) is 0 Å². The van der Waals surface area contributed by atoms with Crippen LogP contribution in [-0.2, 0) is 17.8 Å². The average molecular weight is 417 g/mol. The summed E-state index contributed by atoms with van der Waals surface area (Å²) in [5.41, 5.74) is 1.50. The van der Waals surface area contributed by atoms with Gasteiger partial charge in [0.15, 0.2) is 0 Å². The van der Waals surface area contributed by atoms with Crippen molar-refractivity contribution in [3.05, 3.63) is 100 Å². The Balaban J connectivity index is 1.38. The minimum atomic E-state index is -0.699. The van der Waals surface area contributed by atoms with Crippen molar-refractivity contribution < 1.29 is 19.2 Å². The van der Waals surface area contributed by atoms with Crippen molar-refractivity contribution in [3.63, 3.8) is 0 Å². The molecule has 0 bridgehead atoms. The lowest BCUT2D eigenvalue weighted by atomic mass is 10.1. The summed E-state index contributed by atoms with van der Waals surface area (Å²) in [5.74, 6) is 1.05. The van der Waals surface area contributed by atoms with Crippen LogP contribution in [0.15, 0.2) is 78.9 Å². The number of hydrogen-bond donors (Lipinski definition) is 1. The lowest BCUT2D eigenvalue weighted by molar-refractivity contribution is -0.384. The van der Waals surface area contributed by atoms with E-state index >= 15 is 0 Å². The van der Waals surface area contributed by atoms with Crippen LogP contribution in [0.5, 0.6) is 11.5 Å². The fourth-order valence-electron chi connectivity index (χ4n) is 3.32. The van der Waals surface area contributed by atoms with E-state index in [0.29, 0.717) is 5.75 Å². The number of nitro groups is 1. The molecule has 3 amide bonds. The molecule has 0 aliphatic carbocycles. The summed E-state index contributed by atoms with van der Waals surface area (Å²) in [7, 11) is 0. The smallest absolute Gasteiger partial charge is 0.325 e. The van der Waals surface area contributed by atoms with Gasteiger partial charge in [-0.1, -0.05) is 42.5 Å². The van der Waals surface area contributed by atoms with Crippen molar-refractivity contribution in [2.75, 3.05) is 0 Å². The molecule has 0 radical (unpaired) electrons. The molecule has 8 nitrogen and oxygen atoms in total. The molecule has 31 heavy (non-hydrogen) atoms. The summed E-state index contributed by atoms with van der Waals surface area (Å²) in [6, 6.07) is 21.4. The van der Waals surface area contributed by atoms with Gasteiger partial charge in [-0.25, -0.2) is 4.79 Å². The lowest BCUT2D eigenvalue weighted by Gasteiger charge is -2.14. The number of para-hydroxylation sites is 1. The van der Waals surface area contributed by atoms with E-state index in [1.807, 2.05) is 42.5 Å². The Morgan fingerprint density at radius 1 is 0.871 bits per heavy atom. The monoisotopic (exact) mass is 417 g/mol. The second kappa shape index (κ2) is 8.66. The molecule has 156 valence electrons. The Morgan fingerprint density at radius 3 is 2.13 bits per heavy atom. The molecule has 0 aromatic heterocycles. The van der Waals surface area contributed by atoms with Crippen molar-refractivity contribution in [1.82, 2.24) is 10.2 Å². The number of amides is 3. The van der Waals surface area contributed by atoms with E-state index in [1.54, 1.807) is 24.3 Å². The maximum absolute atomic E-state index is 12.7. The summed E-state index contributed by atoms with van der Waals surface area (Å²) in [5, 5.41) is 13.4. The number of urea groups is 1. The molecule has 1 saturated heterocycles. The van der Waals surface area contributed by atoms with Crippen molar-refractivity contribution in [2.45, 2.75) is 19.0 Å². The topological polar surface area (TPSA) is 102 Å². The number of benzene rings is 3. The average Bonchev–Trinajstić information content (AvgIpc) is 3.03. The molecule has 1 atom stereocenters. The first-order chi connectivity index (χ1) is 15.0. The second-order valence-corrected chi connectivity index (χ2v) is 7.11. The molecule has 8 heteroatoms. The Morgan fingerprint density at radius 2 is 1.48 bits per heavy atom. The number of nitro benzene ring substituents is 1. The molecule has 4 rings (SSSR count). The summed E-state index contributed by atoms with van der Waals surface area (Å²) >= 11 is 0. The van der Waals surface area contributed by atoms with Crippen LogP contribution in [0.4, 0.5) is 10.5 Å². The third-order valence-electron chi connectivity index (χ3n) is 4.94. The number of imide groups is 1. The van der Waals surface area contributed by atoms with Gasteiger partial charge in [0.25, 0.3) is 11.6 Å². The first-order valence-electron chi connectivity index (χ1n) is 9.66. The Kier molecular flexibility index (Phi) is 5.61. The van der Waals surface area contributed by atoms with Gasteiger partial charge >= 0.3 is 6.03 Å². The SMILES string of the molecule is O=C1NC(Cc2ccc([N+](=O)[O-])cc2)C(=O)N1Cc1ccc(Oc2ccccc2)cc1. The predicted molar refractivity (Wildman–Crippen MR) is 113 cm³/mol. The number of rotatable bonds is 7. The molecule has 1 heterocycles. The van der Waals surface area contributed by atoms with Gasteiger partial charge in [0.1, 0.15) is 17.5 Å². The van der Waals surface area contributed by atoms with Gasteiger partial charge < -0.3 is 10.1 Å².